The third-order valence-electron chi connectivity index (χ3n) is 5.76. The zero-order valence-corrected chi connectivity index (χ0v) is 18.3. The Morgan fingerprint density at radius 1 is 0.857 bits per heavy atom. The van der Waals surface area contributed by atoms with Gasteiger partial charge in [0.2, 0.25) is 11.2 Å². The van der Waals surface area contributed by atoms with Crippen molar-refractivity contribution in [3.8, 4) is 16.9 Å². The minimum atomic E-state index is -4.94. The van der Waals surface area contributed by atoms with E-state index < -0.39 is 28.9 Å². The molecule has 0 radical (unpaired) electrons. The van der Waals surface area contributed by atoms with E-state index in [0.717, 1.165) is 6.07 Å². The highest BCUT2D eigenvalue weighted by Gasteiger charge is 2.39. The SMILES string of the molecule is Cc1ccccc1C(=O)Oc1ccc2c(=O)c(-c3cccc4ccccc34)c(C(F)(F)F)oc2c1. The predicted molar refractivity (Wildman–Crippen MR) is 127 cm³/mol. The minimum absolute atomic E-state index is 0.0417. The number of carbonyl (C=O) groups is 1. The molecule has 0 N–H and O–H groups in total. The van der Waals surface area contributed by atoms with Crippen LogP contribution in [0.5, 0.6) is 5.75 Å². The van der Waals surface area contributed by atoms with Gasteiger partial charge in [0.15, 0.2) is 0 Å². The van der Waals surface area contributed by atoms with Gasteiger partial charge in [0, 0.05) is 6.07 Å². The van der Waals surface area contributed by atoms with Crippen LogP contribution < -0.4 is 10.2 Å². The summed E-state index contributed by atoms with van der Waals surface area (Å²) in [5.41, 5.74) is -0.596. The van der Waals surface area contributed by atoms with Gasteiger partial charge in [0.05, 0.1) is 16.5 Å². The molecule has 4 aromatic carbocycles. The number of aryl methyl sites for hydroxylation is 1. The second kappa shape index (κ2) is 8.43. The van der Waals surface area contributed by atoms with Gasteiger partial charge in [-0.05, 0) is 47.0 Å². The Morgan fingerprint density at radius 3 is 2.34 bits per heavy atom. The van der Waals surface area contributed by atoms with E-state index in [2.05, 4.69) is 0 Å². The number of hydrogen-bond acceptors (Lipinski definition) is 4. The molecule has 0 spiro atoms. The van der Waals surface area contributed by atoms with E-state index in [1.165, 1.54) is 18.2 Å². The molecule has 5 rings (SSSR count). The van der Waals surface area contributed by atoms with E-state index in [0.29, 0.717) is 21.9 Å². The molecule has 0 saturated heterocycles. The van der Waals surface area contributed by atoms with E-state index in [-0.39, 0.29) is 22.3 Å². The largest absolute Gasteiger partial charge is 0.450 e. The summed E-state index contributed by atoms with van der Waals surface area (Å²) >= 11 is 0. The number of rotatable bonds is 3. The topological polar surface area (TPSA) is 56.5 Å². The maximum absolute atomic E-state index is 14.1. The molecule has 0 bridgehead atoms. The Hall–Kier alpha value is -4.39. The normalized spacial score (nSPS) is 11.7. The van der Waals surface area contributed by atoms with Crippen LogP contribution in [-0.4, -0.2) is 5.97 Å². The van der Waals surface area contributed by atoms with E-state index in [1.54, 1.807) is 67.6 Å². The summed E-state index contributed by atoms with van der Waals surface area (Å²) in [7, 11) is 0. The number of hydrogen-bond donors (Lipinski definition) is 0. The molecule has 0 saturated carbocycles. The molecule has 0 fully saturated rings. The molecule has 0 atom stereocenters. The molecule has 0 aliphatic rings. The number of benzene rings is 4. The van der Waals surface area contributed by atoms with Crippen LogP contribution >= 0.6 is 0 Å². The number of fused-ring (bicyclic) bond motifs is 2. The molecule has 5 aromatic rings. The van der Waals surface area contributed by atoms with Crippen molar-refractivity contribution in [1.29, 1.82) is 0 Å². The molecule has 1 aromatic heterocycles. The molecular formula is C28H17F3O4. The van der Waals surface area contributed by atoms with E-state index in [9.17, 15) is 22.8 Å². The van der Waals surface area contributed by atoms with Crippen LogP contribution in [0.4, 0.5) is 13.2 Å². The average Bonchev–Trinajstić information content (AvgIpc) is 2.83. The summed E-state index contributed by atoms with van der Waals surface area (Å²) in [6, 6.07) is 22.2. The molecular weight excluding hydrogens is 457 g/mol. The van der Waals surface area contributed by atoms with Crippen molar-refractivity contribution in [1.82, 2.24) is 0 Å². The molecule has 0 aliphatic carbocycles. The van der Waals surface area contributed by atoms with Crippen molar-refractivity contribution < 1.29 is 27.1 Å². The lowest BCUT2D eigenvalue weighted by atomic mass is 9.96. The highest BCUT2D eigenvalue weighted by molar-refractivity contribution is 5.99. The molecule has 4 nitrogen and oxygen atoms in total. The first kappa shape index (κ1) is 22.4. The maximum Gasteiger partial charge on any atom is 0.450 e. The lowest BCUT2D eigenvalue weighted by Crippen LogP contribution is -2.16. The number of esters is 1. The lowest BCUT2D eigenvalue weighted by Gasteiger charge is -2.15. The second-order valence-corrected chi connectivity index (χ2v) is 8.02. The Labute approximate surface area is 197 Å². The van der Waals surface area contributed by atoms with Gasteiger partial charge in [-0.15, -0.1) is 0 Å². The van der Waals surface area contributed by atoms with Crippen LogP contribution in [0.25, 0.3) is 32.9 Å². The number of carbonyl (C=O) groups excluding carboxylic acids is 1. The highest BCUT2D eigenvalue weighted by Crippen LogP contribution is 2.39. The van der Waals surface area contributed by atoms with Crippen LogP contribution in [-0.2, 0) is 6.18 Å². The summed E-state index contributed by atoms with van der Waals surface area (Å²) in [6.07, 6.45) is -4.94. The monoisotopic (exact) mass is 474 g/mol. The van der Waals surface area contributed by atoms with Crippen LogP contribution in [0.2, 0.25) is 0 Å². The van der Waals surface area contributed by atoms with E-state index in [4.69, 9.17) is 9.15 Å². The number of ether oxygens (including phenoxy) is 1. The van der Waals surface area contributed by atoms with Gasteiger partial charge in [0.25, 0.3) is 0 Å². The second-order valence-electron chi connectivity index (χ2n) is 8.02. The number of halogens is 3. The van der Waals surface area contributed by atoms with Gasteiger partial charge in [-0.25, -0.2) is 4.79 Å². The van der Waals surface area contributed by atoms with Crippen molar-refractivity contribution in [3.05, 3.63) is 112 Å². The first-order valence-electron chi connectivity index (χ1n) is 10.7. The van der Waals surface area contributed by atoms with Crippen molar-refractivity contribution in [2.75, 3.05) is 0 Å². The Bertz CT molecular complexity index is 1660. The number of alkyl halides is 3. The highest BCUT2D eigenvalue weighted by atomic mass is 19.4. The van der Waals surface area contributed by atoms with Crippen LogP contribution in [0.15, 0.2) is 94.1 Å². The quantitative estimate of drug-likeness (QED) is 0.206. The molecule has 1 heterocycles. The van der Waals surface area contributed by atoms with Crippen LogP contribution in [0, 0.1) is 6.92 Å². The average molecular weight is 474 g/mol. The Morgan fingerprint density at radius 2 is 1.57 bits per heavy atom. The van der Waals surface area contributed by atoms with Crippen molar-refractivity contribution in [2.24, 2.45) is 0 Å². The molecule has 0 aliphatic heterocycles. The fourth-order valence-electron chi connectivity index (χ4n) is 4.09. The van der Waals surface area contributed by atoms with Gasteiger partial charge < -0.3 is 9.15 Å². The van der Waals surface area contributed by atoms with Crippen molar-refractivity contribution in [2.45, 2.75) is 13.1 Å². The lowest BCUT2D eigenvalue weighted by molar-refractivity contribution is -0.152. The van der Waals surface area contributed by atoms with E-state index in [1.807, 2.05) is 0 Å². The Kier molecular flexibility index (Phi) is 5.40. The Balaban J connectivity index is 1.68. The van der Waals surface area contributed by atoms with Gasteiger partial charge in [-0.1, -0.05) is 60.7 Å². The summed E-state index contributed by atoms with van der Waals surface area (Å²) < 4.78 is 52.9. The molecule has 35 heavy (non-hydrogen) atoms. The van der Waals surface area contributed by atoms with Crippen molar-refractivity contribution >= 4 is 27.7 Å². The first-order chi connectivity index (χ1) is 16.7. The summed E-state index contributed by atoms with van der Waals surface area (Å²) in [5, 5.41) is 1.13. The van der Waals surface area contributed by atoms with Gasteiger partial charge in [-0.3, -0.25) is 4.79 Å². The van der Waals surface area contributed by atoms with Crippen LogP contribution in [0.1, 0.15) is 21.7 Å². The maximum atomic E-state index is 14.1. The fourth-order valence-corrected chi connectivity index (χ4v) is 4.09. The molecule has 174 valence electrons. The summed E-state index contributed by atoms with van der Waals surface area (Å²) in [4.78, 5) is 25.9. The molecule has 7 heteroatoms. The summed E-state index contributed by atoms with van der Waals surface area (Å²) in [6.45, 7) is 1.74. The molecule has 0 amide bonds. The smallest absolute Gasteiger partial charge is 0.450 e. The first-order valence-corrected chi connectivity index (χ1v) is 10.7. The predicted octanol–water partition coefficient (Wildman–Crippen LogP) is 7.16. The fraction of sp³-hybridized carbons (Fsp3) is 0.0714. The van der Waals surface area contributed by atoms with Gasteiger partial charge >= 0.3 is 12.1 Å². The van der Waals surface area contributed by atoms with Crippen LogP contribution in [0.3, 0.4) is 0 Å². The van der Waals surface area contributed by atoms with Crippen molar-refractivity contribution in [3.63, 3.8) is 0 Å². The third-order valence-corrected chi connectivity index (χ3v) is 5.76. The van der Waals surface area contributed by atoms with Gasteiger partial charge in [-0.2, -0.15) is 13.2 Å². The molecule has 0 unspecified atom stereocenters. The van der Waals surface area contributed by atoms with E-state index >= 15 is 0 Å². The zero-order chi connectivity index (χ0) is 24.7. The minimum Gasteiger partial charge on any atom is -0.450 e. The van der Waals surface area contributed by atoms with Gasteiger partial charge in [0.1, 0.15) is 11.3 Å². The third kappa shape index (κ3) is 4.05. The standard InChI is InChI=1S/C28H17F3O4/c1-16-7-2-4-10-19(16)27(33)34-18-13-14-22-23(15-18)35-26(28(29,30)31)24(25(22)32)21-12-6-9-17-8-3-5-11-20(17)21/h2-15H,1H3. The summed E-state index contributed by atoms with van der Waals surface area (Å²) in [5.74, 6) is -2.12. The zero-order valence-electron chi connectivity index (χ0n) is 18.3.